The molecule has 7 heteroatoms. The molecule has 1 aromatic carbocycles. The van der Waals surface area contributed by atoms with Crippen molar-refractivity contribution in [2.75, 3.05) is 18.9 Å². The Hall–Kier alpha value is -1.37. The number of nitrogens with one attached hydrogen (secondary N) is 1. The van der Waals surface area contributed by atoms with Gasteiger partial charge in [0.1, 0.15) is 6.61 Å². The average molecular weight is 304 g/mol. The van der Waals surface area contributed by atoms with Crippen LogP contribution in [0.3, 0.4) is 0 Å². The van der Waals surface area contributed by atoms with E-state index < -0.39 is 11.9 Å². The fourth-order valence-corrected chi connectivity index (χ4v) is 2.60. The lowest BCUT2D eigenvalue weighted by Crippen LogP contribution is -2.14. The zero-order valence-corrected chi connectivity index (χ0v) is 12.0. The maximum Gasteiger partial charge on any atom is 0.398 e. The molecule has 0 spiro atoms. The minimum atomic E-state index is -4.18. The van der Waals surface area contributed by atoms with E-state index in [0.717, 1.165) is 22.9 Å². The summed E-state index contributed by atoms with van der Waals surface area (Å²) in [5, 5.41) is 2.96. The Bertz CT molecular complexity index is 521. The molecule has 20 heavy (non-hydrogen) atoms. The quantitative estimate of drug-likeness (QED) is 0.867. The predicted molar refractivity (Wildman–Crippen MR) is 73.7 cm³/mol. The van der Waals surface area contributed by atoms with E-state index in [9.17, 15) is 13.2 Å². The van der Waals surface area contributed by atoms with E-state index in [1.807, 2.05) is 13.0 Å². The molecule has 0 atom stereocenters. The molecule has 0 unspecified atom stereocenters. The Morgan fingerprint density at radius 3 is 2.65 bits per heavy atom. The highest BCUT2D eigenvalue weighted by atomic mass is 32.2. The number of nitrogens with zero attached hydrogens (tertiary/aromatic N) is 1. The lowest BCUT2D eigenvalue weighted by molar-refractivity contribution is -0.105. The van der Waals surface area contributed by atoms with Crippen LogP contribution >= 0.6 is 11.8 Å². The summed E-state index contributed by atoms with van der Waals surface area (Å²) in [4.78, 5) is 4.88. The van der Waals surface area contributed by atoms with Gasteiger partial charge in [0.2, 0.25) is 0 Å². The third kappa shape index (κ3) is 4.06. The van der Waals surface area contributed by atoms with Gasteiger partial charge in [0.25, 0.3) is 6.02 Å². The smallest absolute Gasteiger partial charge is 0.398 e. The fraction of sp³-hybridized carbons (Fsp3) is 0.462. The molecule has 1 saturated heterocycles. The molecule has 0 radical (unpaired) electrons. The summed E-state index contributed by atoms with van der Waals surface area (Å²) in [6.45, 7) is 4.92. The zero-order chi connectivity index (χ0) is 14.8. The standard InChI is InChI=1S/C13H15F3N2OS/c1-8-5-9(2)11(20-7-13(14,15)16)6-10(8)18-12-17-3-4-19-12/h5-6H,3-4,7H2,1-2H3,(H,17,18). The van der Waals surface area contributed by atoms with Gasteiger partial charge in [-0.25, -0.2) is 0 Å². The summed E-state index contributed by atoms with van der Waals surface area (Å²) in [7, 11) is 0. The highest BCUT2D eigenvalue weighted by Crippen LogP contribution is 2.33. The Morgan fingerprint density at radius 2 is 2.05 bits per heavy atom. The molecule has 2 rings (SSSR count). The Labute approximate surface area is 119 Å². The van der Waals surface area contributed by atoms with Crippen molar-refractivity contribution in [1.29, 1.82) is 0 Å². The fourth-order valence-electron chi connectivity index (χ4n) is 1.80. The van der Waals surface area contributed by atoms with E-state index in [-0.39, 0.29) is 0 Å². The number of halogens is 3. The van der Waals surface area contributed by atoms with Crippen molar-refractivity contribution in [3.05, 3.63) is 23.3 Å². The van der Waals surface area contributed by atoms with Crippen molar-refractivity contribution in [2.24, 2.45) is 4.99 Å². The highest BCUT2D eigenvalue weighted by molar-refractivity contribution is 7.99. The number of hydrogen-bond donors (Lipinski definition) is 1. The van der Waals surface area contributed by atoms with Crippen molar-refractivity contribution in [2.45, 2.75) is 24.9 Å². The molecule has 0 aliphatic carbocycles. The van der Waals surface area contributed by atoms with Crippen molar-refractivity contribution in [1.82, 2.24) is 5.32 Å². The molecule has 0 amide bonds. The number of amidine groups is 1. The first-order valence-electron chi connectivity index (χ1n) is 6.11. The lowest BCUT2D eigenvalue weighted by atomic mass is 10.1. The second kappa shape index (κ2) is 5.95. The van der Waals surface area contributed by atoms with Crippen LogP contribution in [0.15, 0.2) is 22.0 Å². The molecule has 1 aromatic rings. The van der Waals surface area contributed by atoms with Crippen LogP contribution in [0.1, 0.15) is 11.1 Å². The van der Waals surface area contributed by atoms with Crippen molar-refractivity contribution < 1.29 is 17.9 Å². The number of ether oxygens (including phenoxy) is 1. The molecule has 1 heterocycles. The van der Waals surface area contributed by atoms with Gasteiger partial charge in [-0.2, -0.15) is 18.2 Å². The van der Waals surface area contributed by atoms with Gasteiger partial charge >= 0.3 is 6.18 Å². The SMILES string of the molecule is Cc1cc(C)c(SCC(F)(F)F)cc1/N=C1/NCCO1. The summed E-state index contributed by atoms with van der Waals surface area (Å²) < 4.78 is 42.2. The minimum Gasteiger partial charge on any atom is -0.463 e. The topological polar surface area (TPSA) is 33.6 Å². The van der Waals surface area contributed by atoms with Gasteiger partial charge in [-0.05, 0) is 31.0 Å². The Kier molecular flexibility index (Phi) is 4.47. The predicted octanol–water partition coefficient (Wildman–Crippen LogP) is 3.57. The van der Waals surface area contributed by atoms with Gasteiger partial charge in [0.05, 0.1) is 18.0 Å². The van der Waals surface area contributed by atoms with Crippen LogP contribution in [0.5, 0.6) is 0 Å². The van der Waals surface area contributed by atoms with Gasteiger partial charge in [-0.3, -0.25) is 0 Å². The average Bonchev–Trinajstić information content (AvgIpc) is 2.83. The third-order valence-corrected chi connectivity index (χ3v) is 3.95. The van der Waals surface area contributed by atoms with E-state index in [1.54, 1.807) is 13.0 Å². The molecule has 0 bridgehead atoms. The molecule has 3 nitrogen and oxygen atoms in total. The summed E-state index contributed by atoms with van der Waals surface area (Å²) >= 11 is 0.779. The van der Waals surface area contributed by atoms with Crippen LogP contribution in [-0.4, -0.2) is 31.1 Å². The Balaban J connectivity index is 2.22. The van der Waals surface area contributed by atoms with Gasteiger partial charge < -0.3 is 10.1 Å². The first-order chi connectivity index (χ1) is 9.35. The first-order valence-corrected chi connectivity index (χ1v) is 7.10. The normalized spacial score (nSPS) is 17.1. The van der Waals surface area contributed by atoms with Gasteiger partial charge in [-0.1, -0.05) is 6.07 Å². The number of hydrogen-bond acceptors (Lipinski definition) is 3. The van der Waals surface area contributed by atoms with Crippen molar-refractivity contribution in [3.63, 3.8) is 0 Å². The number of benzene rings is 1. The zero-order valence-electron chi connectivity index (χ0n) is 11.2. The minimum absolute atomic E-state index is 0.420. The number of aryl methyl sites for hydroxylation is 2. The molecule has 1 fully saturated rings. The molecule has 0 aromatic heterocycles. The van der Waals surface area contributed by atoms with E-state index in [4.69, 9.17) is 4.74 Å². The van der Waals surface area contributed by atoms with Gasteiger partial charge in [0, 0.05) is 4.90 Å². The maximum absolute atomic E-state index is 12.3. The van der Waals surface area contributed by atoms with E-state index in [2.05, 4.69) is 10.3 Å². The molecular formula is C13H15F3N2OS. The number of thioether (sulfide) groups is 1. The van der Waals surface area contributed by atoms with E-state index in [1.165, 1.54) is 0 Å². The molecule has 1 N–H and O–H groups in total. The molecule has 110 valence electrons. The number of rotatable bonds is 3. The van der Waals surface area contributed by atoms with Crippen molar-refractivity contribution in [3.8, 4) is 0 Å². The molecule has 1 aliphatic rings. The van der Waals surface area contributed by atoms with Crippen LogP contribution in [0.2, 0.25) is 0 Å². The molecule has 1 aliphatic heterocycles. The Morgan fingerprint density at radius 1 is 1.30 bits per heavy atom. The lowest BCUT2D eigenvalue weighted by Gasteiger charge is -2.11. The van der Waals surface area contributed by atoms with Crippen LogP contribution in [0, 0.1) is 13.8 Å². The second-order valence-corrected chi connectivity index (χ2v) is 5.52. The third-order valence-electron chi connectivity index (χ3n) is 2.72. The van der Waals surface area contributed by atoms with Crippen LogP contribution in [-0.2, 0) is 4.74 Å². The second-order valence-electron chi connectivity index (χ2n) is 4.50. The molecule has 0 saturated carbocycles. The summed E-state index contributed by atoms with van der Waals surface area (Å²) in [5.41, 5.74) is 2.36. The maximum atomic E-state index is 12.3. The van der Waals surface area contributed by atoms with Gasteiger partial charge in [0.15, 0.2) is 0 Å². The van der Waals surface area contributed by atoms with Crippen LogP contribution < -0.4 is 5.32 Å². The van der Waals surface area contributed by atoms with Crippen LogP contribution in [0.25, 0.3) is 0 Å². The summed E-state index contributed by atoms with van der Waals surface area (Å²) in [5.74, 6) is -0.901. The summed E-state index contributed by atoms with van der Waals surface area (Å²) in [6.07, 6.45) is -4.18. The van der Waals surface area contributed by atoms with Crippen molar-refractivity contribution >= 4 is 23.5 Å². The number of aliphatic imine (C=N–C) groups is 1. The largest absolute Gasteiger partial charge is 0.463 e. The highest BCUT2D eigenvalue weighted by Gasteiger charge is 2.27. The van der Waals surface area contributed by atoms with E-state index in [0.29, 0.717) is 29.8 Å². The van der Waals surface area contributed by atoms with Gasteiger partial charge in [-0.15, -0.1) is 11.8 Å². The van der Waals surface area contributed by atoms with Crippen LogP contribution in [0.4, 0.5) is 18.9 Å². The first kappa shape index (κ1) is 15.0. The molecular weight excluding hydrogens is 289 g/mol. The van der Waals surface area contributed by atoms with E-state index >= 15 is 0 Å². The summed E-state index contributed by atoms with van der Waals surface area (Å²) in [6, 6.07) is 3.94. The number of alkyl halides is 3. The monoisotopic (exact) mass is 304 g/mol.